The van der Waals surface area contributed by atoms with Crippen LogP contribution in [0.4, 0.5) is 0 Å². The molecule has 3 rings (SSSR count). The van der Waals surface area contributed by atoms with Gasteiger partial charge in [0.25, 0.3) is 0 Å². The SMILES string of the molecule is CC1CCCC1C(Br)c1ccc2c(c1)CCO2. The fraction of sp³-hybridized carbons (Fsp3) is 0.600. The Morgan fingerprint density at radius 2 is 2.24 bits per heavy atom. The van der Waals surface area contributed by atoms with E-state index in [-0.39, 0.29) is 0 Å². The van der Waals surface area contributed by atoms with Crippen molar-refractivity contribution in [2.24, 2.45) is 11.8 Å². The fourth-order valence-electron chi connectivity index (χ4n) is 3.23. The summed E-state index contributed by atoms with van der Waals surface area (Å²) in [6.45, 7) is 3.24. The van der Waals surface area contributed by atoms with Crippen LogP contribution < -0.4 is 4.74 Å². The highest BCUT2D eigenvalue weighted by molar-refractivity contribution is 9.09. The molecule has 1 aromatic rings. The minimum absolute atomic E-state index is 0.519. The lowest BCUT2D eigenvalue weighted by atomic mass is 9.90. The molecule has 0 spiro atoms. The summed E-state index contributed by atoms with van der Waals surface area (Å²) < 4.78 is 5.56. The van der Waals surface area contributed by atoms with Gasteiger partial charge in [-0.15, -0.1) is 0 Å². The van der Waals surface area contributed by atoms with Crippen LogP contribution >= 0.6 is 15.9 Å². The van der Waals surface area contributed by atoms with Crippen LogP contribution in [0.5, 0.6) is 5.75 Å². The third kappa shape index (κ3) is 2.12. The zero-order valence-electron chi connectivity index (χ0n) is 10.3. The van der Waals surface area contributed by atoms with Gasteiger partial charge in [0.2, 0.25) is 0 Å². The molecule has 0 bridgehead atoms. The lowest BCUT2D eigenvalue weighted by molar-refractivity contribution is 0.356. The molecule has 1 saturated carbocycles. The van der Waals surface area contributed by atoms with Crippen molar-refractivity contribution in [1.29, 1.82) is 0 Å². The van der Waals surface area contributed by atoms with Crippen LogP contribution in [0.25, 0.3) is 0 Å². The summed E-state index contributed by atoms with van der Waals surface area (Å²) in [7, 11) is 0. The third-order valence-electron chi connectivity index (χ3n) is 4.34. The van der Waals surface area contributed by atoms with Crippen molar-refractivity contribution in [2.75, 3.05) is 6.61 Å². The highest BCUT2D eigenvalue weighted by Crippen LogP contribution is 2.45. The summed E-state index contributed by atoms with van der Waals surface area (Å²) in [4.78, 5) is 0.519. The van der Waals surface area contributed by atoms with Crippen LogP contribution in [-0.2, 0) is 6.42 Å². The molecule has 1 aliphatic carbocycles. The van der Waals surface area contributed by atoms with Crippen LogP contribution in [-0.4, -0.2) is 6.61 Å². The van der Waals surface area contributed by atoms with E-state index in [0.29, 0.717) is 4.83 Å². The van der Waals surface area contributed by atoms with Gasteiger partial charge in [-0.25, -0.2) is 0 Å². The maximum absolute atomic E-state index is 5.56. The molecule has 1 fully saturated rings. The van der Waals surface area contributed by atoms with E-state index in [1.807, 2.05) is 0 Å². The van der Waals surface area contributed by atoms with Crippen molar-refractivity contribution >= 4 is 15.9 Å². The molecular weight excluding hydrogens is 276 g/mol. The van der Waals surface area contributed by atoms with Gasteiger partial charge in [-0.1, -0.05) is 47.8 Å². The molecule has 0 saturated heterocycles. The van der Waals surface area contributed by atoms with Gasteiger partial charge in [0.05, 0.1) is 6.61 Å². The molecule has 0 amide bonds. The molecule has 1 nitrogen and oxygen atoms in total. The summed E-state index contributed by atoms with van der Waals surface area (Å²) in [5.74, 6) is 2.74. The summed E-state index contributed by atoms with van der Waals surface area (Å²) in [5, 5.41) is 0. The van der Waals surface area contributed by atoms with E-state index in [0.717, 1.165) is 30.6 Å². The summed E-state index contributed by atoms with van der Waals surface area (Å²) >= 11 is 3.92. The van der Waals surface area contributed by atoms with Gasteiger partial charge in [0.1, 0.15) is 5.75 Å². The second kappa shape index (κ2) is 4.64. The fourth-order valence-corrected chi connectivity index (χ4v) is 4.30. The van der Waals surface area contributed by atoms with E-state index in [4.69, 9.17) is 4.74 Å². The average Bonchev–Trinajstić information content (AvgIpc) is 2.95. The number of hydrogen-bond acceptors (Lipinski definition) is 1. The largest absolute Gasteiger partial charge is 0.493 e. The Labute approximate surface area is 112 Å². The van der Waals surface area contributed by atoms with Crippen molar-refractivity contribution in [3.05, 3.63) is 29.3 Å². The van der Waals surface area contributed by atoms with Crippen LogP contribution in [0.2, 0.25) is 0 Å². The number of benzene rings is 1. The summed E-state index contributed by atoms with van der Waals surface area (Å²) in [6.07, 6.45) is 5.22. The lowest BCUT2D eigenvalue weighted by Gasteiger charge is -2.22. The van der Waals surface area contributed by atoms with Crippen molar-refractivity contribution < 1.29 is 4.74 Å². The minimum atomic E-state index is 0.519. The van der Waals surface area contributed by atoms with E-state index in [1.54, 1.807) is 0 Å². The Hall–Kier alpha value is -0.500. The van der Waals surface area contributed by atoms with Crippen LogP contribution in [0.15, 0.2) is 18.2 Å². The number of alkyl halides is 1. The Morgan fingerprint density at radius 1 is 1.35 bits per heavy atom. The molecule has 0 N–H and O–H groups in total. The highest BCUT2D eigenvalue weighted by Gasteiger charge is 2.30. The number of rotatable bonds is 2. The molecule has 3 atom stereocenters. The maximum atomic E-state index is 5.56. The van der Waals surface area contributed by atoms with E-state index >= 15 is 0 Å². The summed E-state index contributed by atoms with van der Waals surface area (Å²) in [6, 6.07) is 6.72. The highest BCUT2D eigenvalue weighted by atomic mass is 79.9. The zero-order valence-corrected chi connectivity index (χ0v) is 11.9. The van der Waals surface area contributed by atoms with Gasteiger partial charge < -0.3 is 4.74 Å². The molecule has 92 valence electrons. The normalized spacial score (nSPS) is 28.8. The molecule has 1 aromatic carbocycles. The first kappa shape index (κ1) is 11.6. The van der Waals surface area contributed by atoms with Crippen molar-refractivity contribution in [2.45, 2.75) is 37.4 Å². The Morgan fingerprint density at radius 3 is 3.00 bits per heavy atom. The molecule has 0 aromatic heterocycles. The number of fused-ring (bicyclic) bond motifs is 1. The van der Waals surface area contributed by atoms with Crippen LogP contribution in [0, 0.1) is 11.8 Å². The van der Waals surface area contributed by atoms with E-state index < -0.39 is 0 Å². The molecule has 3 unspecified atom stereocenters. The van der Waals surface area contributed by atoms with Gasteiger partial charge in [-0.05, 0) is 35.4 Å². The quantitative estimate of drug-likeness (QED) is 0.730. The molecule has 17 heavy (non-hydrogen) atoms. The Bertz CT molecular complexity index is 415. The predicted octanol–water partition coefficient (Wildman–Crippen LogP) is 4.49. The standard InChI is InChI=1S/C15H19BrO/c1-10-3-2-4-13(10)15(16)12-5-6-14-11(9-12)7-8-17-14/h5-6,9-10,13,15H,2-4,7-8H2,1H3. The minimum Gasteiger partial charge on any atom is -0.493 e. The van der Waals surface area contributed by atoms with Crippen molar-refractivity contribution in [1.82, 2.24) is 0 Å². The number of halogens is 1. The molecule has 2 aliphatic rings. The zero-order chi connectivity index (χ0) is 11.8. The summed E-state index contributed by atoms with van der Waals surface area (Å²) in [5.41, 5.74) is 2.82. The second-order valence-electron chi connectivity index (χ2n) is 5.44. The first-order chi connectivity index (χ1) is 8.25. The van der Waals surface area contributed by atoms with Gasteiger partial charge in [0, 0.05) is 11.2 Å². The maximum Gasteiger partial charge on any atom is 0.122 e. The smallest absolute Gasteiger partial charge is 0.122 e. The molecule has 0 radical (unpaired) electrons. The average molecular weight is 295 g/mol. The molecule has 2 heteroatoms. The molecule has 1 aliphatic heterocycles. The second-order valence-corrected chi connectivity index (χ2v) is 6.43. The van der Waals surface area contributed by atoms with E-state index in [2.05, 4.69) is 41.1 Å². The molecule has 1 heterocycles. The van der Waals surface area contributed by atoms with E-state index in [9.17, 15) is 0 Å². The first-order valence-electron chi connectivity index (χ1n) is 6.65. The van der Waals surface area contributed by atoms with E-state index in [1.165, 1.54) is 30.4 Å². The number of hydrogen-bond donors (Lipinski definition) is 0. The van der Waals surface area contributed by atoms with Crippen molar-refractivity contribution in [3.8, 4) is 5.75 Å². The van der Waals surface area contributed by atoms with Gasteiger partial charge in [-0.3, -0.25) is 0 Å². The molecular formula is C15H19BrO. The third-order valence-corrected chi connectivity index (χ3v) is 5.54. The van der Waals surface area contributed by atoms with Crippen LogP contribution in [0.3, 0.4) is 0 Å². The number of ether oxygens (including phenoxy) is 1. The van der Waals surface area contributed by atoms with Gasteiger partial charge >= 0.3 is 0 Å². The topological polar surface area (TPSA) is 9.23 Å². The Kier molecular flexibility index (Phi) is 3.16. The van der Waals surface area contributed by atoms with Gasteiger partial charge in [-0.2, -0.15) is 0 Å². The van der Waals surface area contributed by atoms with Crippen LogP contribution in [0.1, 0.15) is 42.1 Å². The first-order valence-corrected chi connectivity index (χ1v) is 7.57. The Balaban J connectivity index is 1.83. The predicted molar refractivity (Wildman–Crippen MR) is 73.8 cm³/mol. The van der Waals surface area contributed by atoms with Crippen molar-refractivity contribution in [3.63, 3.8) is 0 Å². The lowest BCUT2D eigenvalue weighted by Crippen LogP contribution is -2.10. The van der Waals surface area contributed by atoms with Gasteiger partial charge in [0.15, 0.2) is 0 Å². The monoisotopic (exact) mass is 294 g/mol.